The SMILES string of the molecule is Cc1cccc(N2CCN(C(=O)Cc3csc(C)n3)CC2)c1. The second kappa shape index (κ2) is 6.48. The van der Waals surface area contributed by atoms with Gasteiger partial charge >= 0.3 is 0 Å². The Hall–Kier alpha value is -1.88. The molecule has 2 aromatic rings. The lowest BCUT2D eigenvalue weighted by atomic mass is 10.2. The van der Waals surface area contributed by atoms with Gasteiger partial charge in [-0.3, -0.25) is 4.79 Å². The highest BCUT2D eigenvalue weighted by molar-refractivity contribution is 7.09. The highest BCUT2D eigenvalue weighted by Crippen LogP contribution is 2.18. The fourth-order valence-electron chi connectivity index (χ4n) is 2.79. The summed E-state index contributed by atoms with van der Waals surface area (Å²) in [5, 5.41) is 3.00. The molecule has 1 amide bonds. The highest BCUT2D eigenvalue weighted by Gasteiger charge is 2.21. The number of rotatable bonds is 3. The molecule has 0 aliphatic carbocycles. The van der Waals surface area contributed by atoms with Crippen LogP contribution in [0.2, 0.25) is 0 Å². The van der Waals surface area contributed by atoms with Crippen molar-refractivity contribution in [1.82, 2.24) is 9.88 Å². The molecule has 1 aliphatic heterocycles. The quantitative estimate of drug-likeness (QED) is 0.874. The van der Waals surface area contributed by atoms with E-state index in [-0.39, 0.29) is 5.91 Å². The number of piperazine rings is 1. The Balaban J connectivity index is 1.56. The third-order valence-corrected chi connectivity index (χ3v) is 4.82. The second-order valence-electron chi connectivity index (χ2n) is 5.74. The Morgan fingerprint density at radius 2 is 2.00 bits per heavy atom. The summed E-state index contributed by atoms with van der Waals surface area (Å²) in [5.41, 5.74) is 3.42. The molecule has 3 rings (SSSR count). The number of anilines is 1. The average Bonchev–Trinajstić information content (AvgIpc) is 2.92. The van der Waals surface area contributed by atoms with E-state index in [1.807, 2.05) is 17.2 Å². The molecule has 1 saturated heterocycles. The monoisotopic (exact) mass is 315 g/mol. The van der Waals surface area contributed by atoms with Crippen LogP contribution < -0.4 is 4.90 Å². The Morgan fingerprint density at radius 3 is 2.64 bits per heavy atom. The van der Waals surface area contributed by atoms with Gasteiger partial charge in [-0.15, -0.1) is 11.3 Å². The number of aromatic nitrogens is 1. The van der Waals surface area contributed by atoms with Crippen molar-refractivity contribution in [3.8, 4) is 0 Å². The number of hydrogen-bond donors (Lipinski definition) is 0. The first-order valence-electron chi connectivity index (χ1n) is 7.62. The van der Waals surface area contributed by atoms with E-state index >= 15 is 0 Å². The lowest BCUT2D eigenvalue weighted by Crippen LogP contribution is -2.49. The van der Waals surface area contributed by atoms with Gasteiger partial charge in [0.25, 0.3) is 0 Å². The minimum absolute atomic E-state index is 0.189. The molecule has 1 aromatic heterocycles. The Labute approximate surface area is 135 Å². The normalized spacial score (nSPS) is 15.2. The topological polar surface area (TPSA) is 36.4 Å². The third kappa shape index (κ3) is 3.47. The molecule has 22 heavy (non-hydrogen) atoms. The number of hydrogen-bond acceptors (Lipinski definition) is 4. The molecule has 1 aliphatic rings. The molecule has 1 fully saturated rings. The molecular weight excluding hydrogens is 294 g/mol. The van der Waals surface area contributed by atoms with Gasteiger partial charge in [-0.05, 0) is 31.5 Å². The molecule has 0 spiro atoms. The standard InChI is InChI=1S/C17H21N3OS/c1-13-4-3-5-16(10-13)19-6-8-20(9-7-19)17(21)11-15-12-22-14(2)18-15/h3-5,10,12H,6-9,11H2,1-2H3. The van der Waals surface area contributed by atoms with Crippen molar-refractivity contribution in [2.75, 3.05) is 31.1 Å². The Bertz CT molecular complexity index is 659. The molecule has 0 radical (unpaired) electrons. The van der Waals surface area contributed by atoms with Gasteiger partial charge in [-0.2, -0.15) is 0 Å². The van der Waals surface area contributed by atoms with E-state index in [0.717, 1.165) is 36.9 Å². The number of aryl methyl sites for hydroxylation is 2. The molecule has 0 unspecified atom stereocenters. The Kier molecular flexibility index (Phi) is 4.43. The van der Waals surface area contributed by atoms with Crippen LogP contribution in [0.15, 0.2) is 29.6 Å². The van der Waals surface area contributed by atoms with Gasteiger partial charge < -0.3 is 9.80 Å². The minimum atomic E-state index is 0.189. The van der Waals surface area contributed by atoms with Gasteiger partial charge in [-0.25, -0.2) is 4.98 Å². The molecule has 116 valence electrons. The molecule has 1 aromatic carbocycles. The van der Waals surface area contributed by atoms with Gasteiger partial charge in [0.1, 0.15) is 0 Å². The molecule has 2 heterocycles. The Morgan fingerprint density at radius 1 is 1.23 bits per heavy atom. The number of nitrogens with zero attached hydrogens (tertiary/aromatic N) is 3. The molecule has 5 heteroatoms. The lowest BCUT2D eigenvalue weighted by Gasteiger charge is -2.36. The highest BCUT2D eigenvalue weighted by atomic mass is 32.1. The largest absolute Gasteiger partial charge is 0.368 e. The van der Waals surface area contributed by atoms with Crippen LogP contribution in [-0.2, 0) is 11.2 Å². The first-order valence-corrected chi connectivity index (χ1v) is 8.50. The van der Waals surface area contributed by atoms with Crippen molar-refractivity contribution in [2.24, 2.45) is 0 Å². The molecular formula is C17H21N3OS. The second-order valence-corrected chi connectivity index (χ2v) is 6.80. The van der Waals surface area contributed by atoms with Crippen LogP contribution >= 0.6 is 11.3 Å². The smallest absolute Gasteiger partial charge is 0.228 e. The van der Waals surface area contributed by atoms with E-state index in [2.05, 4.69) is 41.1 Å². The van der Waals surface area contributed by atoms with Crippen LogP contribution in [0.3, 0.4) is 0 Å². The molecule has 0 saturated carbocycles. The zero-order valence-corrected chi connectivity index (χ0v) is 13.9. The minimum Gasteiger partial charge on any atom is -0.368 e. The van der Waals surface area contributed by atoms with E-state index in [1.165, 1.54) is 11.3 Å². The van der Waals surface area contributed by atoms with Crippen molar-refractivity contribution in [3.63, 3.8) is 0 Å². The number of carbonyl (C=O) groups is 1. The summed E-state index contributed by atoms with van der Waals surface area (Å²) in [6.07, 6.45) is 0.425. The van der Waals surface area contributed by atoms with E-state index in [9.17, 15) is 4.79 Å². The summed E-state index contributed by atoms with van der Waals surface area (Å²) in [5.74, 6) is 0.189. The van der Waals surface area contributed by atoms with Gasteiger partial charge in [-0.1, -0.05) is 12.1 Å². The predicted octanol–water partition coefficient (Wildman–Crippen LogP) is 2.65. The summed E-state index contributed by atoms with van der Waals surface area (Å²) in [4.78, 5) is 21.0. The summed E-state index contributed by atoms with van der Waals surface area (Å²) in [7, 11) is 0. The average molecular weight is 315 g/mol. The fourth-order valence-corrected chi connectivity index (χ4v) is 3.41. The third-order valence-electron chi connectivity index (χ3n) is 4.00. The number of carbonyl (C=O) groups excluding carboxylic acids is 1. The van der Waals surface area contributed by atoms with Crippen molar-refractivity contribution >= 4 is 22.9 Å². The van der Waals surface area contributed by atoms with Gasteiger partial charge in [0.2, 0.25) is 5.91 Å². The van der Waals surface area contributed by atoms with Gasteiger partial charge in [0.15, 0.2) is 0 Å². The van der Waals surface area contributed by atoms with E-state index < -0.39 is 0 Å². The van der Waals surface area contributed by atoms with Crippen LogP contribution in [0.1, 0.15) is 16.3 Å². The zero-order chi connectivity index (χ0) is 15.5. The van der Waals surface area contributed by atoms with Gasteiger partial charge in [0, 0.05) is 37.2 Å². The van der Waals surface area contributed by atoms with Gasteiger partial charge in [0.05, 0.1) is 17.1 Å². The van der Waals surface area contributed by atoms with Crippen LogP contribution in [0.25, 0.3) is 0 Å². The predicted molar refractivity (Wildman–Crippen MR) is 90.5 cm³/mol. The van der Waals surface area contributed by atoms with E-state index in [1.54, 1.807) is 11.3 Å². The van der Waals surface area contributed by atoms with E-state index in [4.69, 9.17) is 0 Å². The first-order chi connectivity index (χ1) is 10.6. The molecule has 0 bridgehead atoms. The summed E-state index contributed by atoms with van der Waals surface area (Å²) in [6.45, 7) is 7.45. The van der Waals surface area contributed by atoms with Crippen LogP contribution in [-0.4, -0.2) is 42.0 Å². The molecule has 4 nitrogen and oxygen atoms in total. The molecule has 0 atom stereocenters. The number of benzene rings is 1. The van der Waals surface area contributed by atoms with Crippen molar-refractivity contribution < 1.29 is 4.79 Å². The lowest BCUT2D eigenvalue weighted by molar-refractivity contribution is -0.130. The maximum atomic E-state index is 12.3. The summed E-state index contributed by atoms with van der Waals surface area (Å²) >= 11 is 1.60. The zero-order valence-electron chi connectivity index (χ0n) is 13.1. The van der Waals surface area contributed by atoms with Crippen LogP contribution in [0, 0.1) is 13.8 Å². The van der Waals surface area contributed by atoms with Crippen molar-refractivity contribution in [2.45, 2.75) is 20.3 Å². The van der Waals surface area contributed by atoms with Crippen molar-refractivity contribution in [1.29, 1.82) is 0 Å². The fraction of sp³-hybridized carbons (Fsp3) is 0.412. The van der Waals surface area contributed by atoms with Crippen molar-refractivity contribution in [3.05, 3.63) is 45.9 Å². The first kappa shape index (κ1) is 15.0. The number of thiazole rings is 1. The van der Waals surface area contributed by atoms with E-state index in [0.29, 0.717) is 6.42 Å². The van der Waals surface area contributed by atoms with Crippen LogP contribution in [0.4, 0.5) is 5.69 Å². The summed E-state index contributed by atoms with van der Waals surface area (Å²) in [6, 6.07) is 8.55. The maximum Gasteiger partial charge on any atom is 0.228 e. The number of amides is 1. The summed E-state index contributed by atoms with van der Waals surface area (Å²) < 4.78 is 0. The van der Waals surface area contributed by atoms with Crippen LogP contribution in [0.5, 0.6) is 0 Å². The molecule has 0 N–H and O–H groups in total. The maximum absolute atomic E-state index is 12.3.